The predicted molar refractivity (Wildman–Crippen MR) is 90.4 cm³/mol. The fourth-order valence-electron chi connectivity index (χ4n) is 2.57. The van der Waals surface area contributed by atoms with Gasteiger partial charge in [0, 0.05) is 18.2 Å². The Balaban J connectivity index is 2.06. The van der Waals surface area contributed by atoms with Crippen LogP contribution >= 0.6 is 0 Å². The van der Waals surface area contributed by atoms with Crippen LogP contribution in [0.1, 0.15) is 21.5 Å². The second kappa shape index (κ2) is 6.72. The van der Waals surface area contributed by atoms with Crippen LogP contribution in [0, 0.1) is 11.6 Å². The maximum atomic E-state index is 14.2. The number of hydrogen-bond donors (Lipinski definition) is 2. The largest absolute Gasteiger partial charge is 0.489 e. The lowest BCUT2D eigenvalue weighted by atomic mass is 9.93. The first-order valence-electron chi connectivity index (χ1n) is 7.46. The summed E-state index contributed by atoms with van der Waals surface area (Å²) in [5, 5.41) is 2.41. The Morgan fingerprint density at radius 2 is 1.96 bits per heavy atom. The van der Waals surface area contributed by atoms with Crippen LogP contribution < -0.4 is 15.8 Å². The standard InChI is InChI=1S/C18H15F2N3O2/c1-22-18(21)23-17(24)10-5-6-15-12(9-10)11(7-8-25-15)16-13(19)3-2-4-14(16)20/h2-7,9H,8H2,1H3,(H3,21,22,23,24). The molecular formula is C18H15F2N3O2. The number of benzene rings is 2. The van der Waals surface area contributed by atoms with Crippen LogP contribution in [-0.2, 0) is 0 Å². The Kier molecular flexibility index (Phi) is 4.47. The summed E-state index contributed by atoms with van der Waals surface area (Å²) in [6, 6.07) is 8.29. The van der Waals surface area contributed by atoms with Crippen LogP contribution in [0.15, 0.2) is 47.5 Å². The van der Waals surface area contributed by atoms with Crippen molar-refractivity contribution in [3.8, 4) is 5.75 Å². The van der Waals surface area contributed by atoms with Crippen LogP contribution in [0.4, 0.5) is 8.78 Å². The molecule has 3 N–H and O–H groups in total. The lowest BCUT2D eigenvalue weighted by Gasteiger charge is -2.20. The second-order valence-corrected chi connectivity index (χ2v) is 5.30. The molecule has 7 heteroatoms. The van der Waals surface area contributed by atoms with E-state index in [2.05, 4.69) is 10.3 Å². The highest BCUT2D eigenvalue weighted by atomic mass is 19.1. The summed E-state index contributed by atoms with van der Waals surface area (Å²) in [4.78, 5) is 15.9. The van der Waals surface area contributed by atoms with Crippen LogP contribution in [0.2, 0.25) is 0 Å². The first kappa shape index (κ1) is 16.6. The Bertz CT molecular complexity index is 887. The van der Waals surface area contributed by atoms with Gasteiger partial charge in [0.25, 0.3) is 5.91 Å². The second-order valence-electron chi connectivity index (χ2n) is 5.30. The third-order valence-corrected chi connectivity index (χ3v) is 3.77. The third-order valence-electron chi connectivity index (χ3n) is 3.77. The molecule has 0 saturated heterocycles. The van der Waals surface area contributed by atoms with Gasteiger partial charge in [-0.05, 0) is 42.0 Å². The molecule has 0 fully saturated rings. The first-order valence-corrected chi connectivity index (χ1v) is 7.46. The topological polar surface area (TPSA) is 76.7 Å². The quantitative estimate of drug-likeness (QED) is 0.650. The van der Waals surface area contributed by atoms with E-state index in [0.29, 0.717) is 16.9 Å². The van der Waals surface area contributed by atoms with Gasteiger partial charge in [-0.3, -0.25) is 15.1 Å². The summed E-state index contributed by atoms with van der Waals surface area (Å²) < 4.78 is 33.8. The minimum atomic E-state index is -0.684. The van der Waals surface area contributed by atoms with Gasteiger partial charge in [0.1, 0.15) is 24.0 Å². The summed E-state index contributed by atoms with van der Waals surface area (Å²) in [5.41, 5.74) is 6.36. The van der Waals surface area contributed by atoms with Crippen molar-refractivity contribution in [2.75, 3.05) is 13.7 Å². The molecular weight excluding hydrogens is 328 g/mol. The van der Waals surface area contributed by atoms with E-state index in [1.54, 1.807) is 12.1 Å². The summed E-state index contributed by atoms with van der Waals surface area (Å²) >= 11 is 0. The van der Waals surface area contributed by atoms with Gasteiger partial charge >= 0.3 is 0 Å². The smallest absolute Gasteiger partial charge is 0.257 e. The third kappa shape index (κ3) is 3.21. The molecule has 0 aliphatic carbocycles. The summed E-state index contributed by atoms with van der Waals surface area (Å²) in [6.07, 6.45) is 1.58. The number of guanidine groups is 1. The van der Waals surface area contributed by atoms with Gasteiger partial charge in [-0.2, -0.15) is 0 Å². The normalized spacial score (nSPS) is 13.6. The van der Waals surface area contributed by atoms with E-state index in [1.165, 1.54) is 37.4 Å². The van der Waals surface area contributed by atoms with Crippen LogP contribution in [-0.4, -0.2) is 25.5 Å². The molecule has 25 heavy (non-hydrogen) atoms. The van der Waals surface area contributed by atoms with E-state index in [4.69, 9.17) is 10.5 Å². The van der Waals surface area contributed by atoms with Gasteiger partial charge in [-0.15, -0.1) is 0 Å². The van der Waals surface area contributed by atoms with Crippen molar-refractivity contribution in [3.05, 3.63) is 70.8 Å². The Morgan fingerprint density at radius 1 is 1.24 bits per heavy atom. The van der Waals surface area contributed by atoms with Crippen molar-refractivity contribution in [2.45, 2.75) is 0 Å². The van der Waals surface area contributed by atoms with Crippen molar-refractivity contribution in [2.24, 2.45) is 10.7 Å². The minimum absolute atomic E-state index is 0.0325. The highest BCUT2D eigenvalue weighted by Crippen LogP contribution is 2.36. The van der Waals surface area contributed by atoms with Crippen LogP contribution in [0.3, 0.4) is 0 Å². The Hall–Kier alpha value is -3.22. The number of nitrogens with one attached hydrogen (secondary N) is 1. The number of carbonyl (C=O) groups is 1. The lowest BCUT2D eigenvalue weighted by Crippen LogP contribution is -2.36. The first-order chi connectivity index (χ1) is 12.0. The number of fused-ring (bicyclic) bond motifs is 1. The number of ether oxygens (including phenoxy) is 1. The number of hydrogen-bond acceptors (Lipinski definition) is 3. The van der Waals surface area contributed by atoms with Crippen LogP contribution in [0.5, 0.6) is 5.75 Å². The molecule has 1 amide bonds. The highest BCUT2D eigenvalue weighted by Gasteiger charge is 2.22. The molecule has 0 bridgehead atoms. The molecule has 0 atom stereocenters. The molecule has 1 heterocycles. The monoisotopic (exact) mass is 343 g/mol. The minimum Gasteiger partial charge on any atom is -0.489 e. The zero-order valence-electron chi connectivity index (χ0n) is 13.3. The molecule has 1 aliphatic heterocycles. The lowest BCUT2D eigenvalue weighted by molar-refractivity contribution is 0.0976. The van der Waals surface area contributed by atoms with Crippen molar-refractivity contribution < 1.29 is 18.3 Å². The molecule has 0 spiro atoms. The van der Waals surface area contributed by atoms with Crippen molar-refractivity contribution >= 4 is 17.4 Å². The van der Waals surface area contributed by atoms with E-state index >= 15 is 0 Å². The van der Waals surface area contributed by atoms with Crippen LogP contribution in [0.25, 0.3) is 5.57 Å². The molecule has 2 aromatic carbocycles. The van der Waals surface area contributed by atoms with Gasteiger partial charge in [-0.25, -0.2) is 8.78 Å². The molecule has 0 unspecified atom stereocenters. The molecule has 5 nitrogen and oxygen atoms in total. The fraction of sp³-hybridized carbons (Fsp3) is 0.111. The highest BCUT2D eigenvalue weighted by molar-refractivity contribution is 6.06. The van der Waals surface area contributed by atoms with Gasteiger partial charge < -0.3 is 10.5 Å². The summed E-state index contributed by atoms with van der Waals surface area (Å²) in [6.45, 7) is 0.178. The number of aliphatic imine (C=N–C) groups is 1. The van der Waals surface area contributed by atoms with E-state index in [-0.39, 0.29) is 23.7 Å². The number of amides is 1. The van der Waals surface area contributed by atoms with Crippen molar-refractivity contribution in [1.29, 1.82) is 0 Å². The summed E-state index contributed by atoms with van der Waals surface area (Å²) in [7, 11) is 1.44. The molecule has 0 aromatic heterocycles. The number of carbonyl (C=O) groups excluding carboxylic acids is 1. The SMILES string of the molecule is CN=C(N)NC(=O)c1ccc2c(c1)C(c1c(F)cccc1F)=CCO2. The van der Waals surface area contributed by atoms with E-state index < -0.39 is 17.5 Å². The number of nitrogens with zero attached hydrogens (tertiary/aromatic N) is 1. The molecule has 0 radical (unpaired) electrons. The zero-order chi connectivity index (χ0) is 18.0. The Morgan fingerprint density at radius 3 is 2.64 bits per heavy atom. The molecule has 1 aliphatic rings. The average molecular weight is 343 g/mol. The van der Waals surface area contributed by atoms with Gasteiger partial charge in [0.2, 0.25) is 0 Å². The predicted octanol–water partition coefficient (Wildman–Crippen LogP) is 2.46. The van der Waals surface area contributed by atoms with E-state index in [1.807, 2.05) is 0 Å². The zero-order valence-corrected chi connectivity index (χ0v) is 13.3. The van der Waals surface area contributed by atoms with Crippen molar-refractivity contribution in [1.82, 2.24) is 5.32 Å². The molecule has 2 aromatic rings. The summed E-state index contributed by atoms with van der Waals surface area (Å²) in [5.74, 6) is -1.44. The molecule has 128 valence electrons. The van der Waals surface area contributed by atoms with E-state index in [0.717, 1.165) is 0 Å². The maximum absolute atomic E-state index is 14.2. The average Bonchev–Trinajstić information content (AvgIpc) is 2.61. The van der Waals surface area contributed by atoms with Gasteiger partial charge in [0.05, 0.1) is 5.56 Å². The maximum Gasteiger partial charge on any atom is 0.257 e. The number of nitrogens with two attached hydrogens (primary N) is 1. The van der Waals surface area contributed by atoms with Crippen molar-refractivity contribution in [3.63, 3.8) is 0 Å². The van der Waals surface area contributed by atoms with Gasteiger partial charge in [0.15, 0.2) is 5.96 Å². The fourth-order valence-corrected chi connectivity index (χ4v) is 2.57. The number of halogens is 2. The van der Waals surface area contributed by atoms with E-state index in [9.17, 15) is 13.6 Å². The molecule has 3 rings (SSSR count). The number of rotatable bonds is 2. The van der Waals surface area contributed by atoms with Gasteiger partial charge in [-0.1, -0.05) is 6.07 Å². The molecule has 0 saturated carbocycles. The Labute approximate surface area is 142 Å².